The van der Waals surface area contributed by atoms with E-state index in [2.05, 4.69) is 0 Å². The lowest BCUT2D eigenvalue weighted by Crippen LogP contribution is -2.43. The van der Waals surface area contributed by atoms with E-state index in [0.717, 1.165) is 12.8 Å². The number of carbonyl (C=O) groups is 1. The van der Waals surface area contributed by atoms with E-state index in [9.17, 15) is 9.90 Å². The summed E-state index contributed by atoms with van der Waals surface area (Å²) in [5.41, 5.74) is 12.0. The maximum atomic E-state index is 11.1. The Morgan fingerprint density at radius 1 is 1.30 bits per heavy atom. The van der Waals surface area contributed by atoms with E-state index in [-0.39, 0.29) is 17.7 Å². The fraction of sp³-hybridized carbons (Fsp3) is 0.462. The van der Waals surface area contributed by atoms with Crippen molar-refractivity contribution in [2.45, 2.75) is 18.9 Å². The highest BCUT2D eigenvalue weighted by molar-refractivity contribution is 6.42. The lowest BCUT2D eigenvalue weighted by Gasteiger charge is -2.34. The number of halogens is 2. The van der Waals surface area contributed by atoms with E-state index >= 15 is 0 Å². The van der Waals surface area contributed by atoms with Gasteiger partial charge in [-0.05, 0) is 24.8 Å². The minimum Gasteiger partial charge on any atom is -0.508 e. The minimum absolute atomic E-state index is 0.0456. The van der Waals surface area contributed by atoms with Crippen LogP contribution in [0.4, 0.5) is 4.79 Å². The van der Waals surface area contributed by atoms with Crippen LogP contribution in [0.25, 0.3) is 0 Å². The molecular formula is C13H17Cl2N3O2. The largest absolute Gasteiger partial charge is 0.508 e. The molecule has 2 amide bonds. The van der Waals surface area contributed by atoms with Crippen LogP contribution in [0.5, 0.6) is 5.75 Å². The molecule has 0 saturated carbocycles. The molecule has 0 aliphatic carbocycles. The van der Waals surface area contributed by atoms with Gasteiger partial charge < -0.3 is 21.5 Å². The highest BCUT2D eigenvalue weighted by atomic mass is 35.5. The summed E-state index contributed by atoms with van der Waals surface area (Å²) in [6.45, 7) is 1.16. The van der Waals surface area contributed by atoms with Crippen LogP contribution in [0.1, 0.15) is 24.4 Å². The van der Waals surface area contributed by atoms with Crippen molar-refractivity contribution in [3.8, 4) is 5.75 Å². The van der Waals surface area contributed by atoms with Gasteiger partial charge in [-0.15, -0.1) is 0 Å². The molecule has 0 bridgehead atoms. The van der Waals surface area contributed by atoms with Gasteiger partial charge >= 0.3 is 6.03 Å². The Kier molecular flexibility index (Phi) is 4.62. The van der Waals surface area contributed by atoms with E-state index < -0.39 is 6.03 Å². The van der Waals surface area contributed by atoms with Crippen LogP contribution in [0.3, 0.4) is 0 Å². The number of urea groups is 1. The van der Waals surface area contributed by atoms with Gasteiger partial charge in [0.2, 0.25) is 0 Å². The standard InChI is InChI=1S/C13H17Cl2N3O2/c14-9-5-8(11(19)6-10(9)15)12(16)7-1-3-18(4-2-7)13(17)20/h5-7,12,19H,1-4,16H2,(H2,17,20)/t12-/m1/s1. The van der Waals surface area contributed by atoms with Crippen molar-refractivity contribution in [2.75, 3.05) is 13.1 Å². The molecule has 0 aromatic heterocycles. The van der Waals surface area contributed by atoms with Crippen LogP contribution in [0.2, 0.25) is 10.0 Å². The first kappa shape index (κ1) is 15.2. The highest BCUT2D eigenvalue weighted by Crippen LogP contribution is 2.37. The number of nitrogens with zero attached hydrogens (tertiary/aromatic N) is 1. The topological polar surface area (TPSA) is 92.6 Å². The Labute approximate surface area is 127 Å². The third kappa shape index (κ3) is 3.11. The monoisotopic (exact) mass is 317 g/mol. The second kappa shape index (κ2) is 6.08. The minimum atomic E-state index is -0.408. The summed E-state index contributed by atoms with van der Waals surface area (Å²) in [5.74, 6) is 0.206. The Morgan fingerprint density at radius 2 is 1.85 bits per heavy atom. The number of likely N-dealkylation sites (tertiary alicyclic amines) is 1. The summed E-state index contributed by atoms with van der Waals surface area (Å²) in [6, 6.07) is 2.25. The number of hydrogen-bond acceptors (Lipinski definition) is 3. The van der Waals surface area contributed by atoms with Crippen LogP contribution in [-0.2, 0) is 0 Å². The Balaban J connectivity index is 2.11. The first-order valence-corrected chi connectivity index (χ1v) is 7.13. The molecule has 20 heavy (non-hydrogen) atoms. The van der Waals surface area contributed by atoms with Crippen molar-refractivity contribution in [3.63, 3.8) is 0 Å². The molecule has 0 unspecified atom stereocenters. The molecule has 1 fully saturated rings. The van der Waals surface area contributed by atoms with E-state index in [0.29, 0.717) is 28.7 Å². The van der Waals surface area contributed by atoms with E-state index in [4.69, 9.17) is 34.7 Å². The average molecular weight is 318 g/mol. The molecule has 1 aliphatic rings. The number of primary amides is 1. The zero-order valence-corrected chi connectivity index (χ0v) is 12.4. The van der Waals surface area contributed by atoms with Crippen molar-refractivity contribution in [1.82, 2.24) is 4.90 Å². The van der Waals surface area contributed by atoms with Crippen LogP contribution in [0.15, 0.2) is 12.1 Å². The van der Waals surface area contributed by atoms with Crippen LogP contribution < -0.4 is 11.5 Å². The van der Waals surface area contributed by atoms with Gasteiger partial charge in [-0.3, -0.25) is 0 Å². The third-order valence-electron chi connectivity index (χ3n) is 3.79. The first-order chi connectivity index (χ1) is 9.40. The SMILES string of the molecule is NC(=O)N1CCC([C@@H](N)c2cc(Cl)c(Cl)cc2O)CC1. The molecule has 1 aliphatic heterocycles. The first-order valence-electron chi connectivity index (χ1n) is 6.38. The van der Waals surface area contributed by atoms with Gasteiger partial charge in [0, 0.05) is 30.8 Å². The molecule has 5 N–H and O–H groups in total. The predicted molar refractivity (Wildman–Crippen MR) is 78.9 cm³/mol. The fourth-order valence-electron chi connectivity index (χ4n) is 2.55. The van der Waals surface area contributed by atoms with Gasteiger partial charge in [0.05, 0.1) is 10.0 Å². The number of phenols is 1. The van der Waals surface area contributed by atoms with Crippen LogP contribution >= 0.6 is 23.2 Å². The lowest BCUT2D eigenvalue weighted by molar-refractivity contribution is 0.170. The smallest absolute Gasteiger partial charge is 0.314 e. The number of aromatic hydroxyl groups is 1. The van der Waals surface area contributed by atoms with Crippen molar-refractivity contribution < 1.29 is 9.90 Å². The number of amides is 2. The van der Waals surface area contributed by atoms with Crippen molar-refractivity contribution in [2.24, 2.45) is 17.4 Å². The number of rotatable bonds is 2. The number of carbonyl (C=O) groups excluding carboxylic acids is 1. The Bertz CT molecular complexity index is 517. The molecule has 110 valence electrons. The van der Waals surface area contributed by atoms with Crippen LogP contribution in [-0.4, -0.2) is 29.1 Å². The number of nitrogens with two attached hydrogens (primary N) is 2. The number of phenolic OH excluding ortho intramolecular Hbond substituents is 1. The van der Waals surface area contributed by atoms with Gasteiger partial charge in [-0.2, -0.15) is 0 Å². The summed E-state index contributed by atoms with van der Waals surface area (Å²) in [4.78, 5) is 12.7. The van der Waals surface area contributed by atoms with Gasteiger partial charge in [0.1, 0.15) is 5.75 Å². The summed E-state index contributed by atoms with van der Waals surface area (Å²) >= 11 is 11.8. The molecule has 5 nitrogen and oxygen atoms in total. The molecular weight excluding hydrogens is 301 g/mol. The van der Waals surface area contributed by atoms with E-state index in [1.54, 1.807) is 11.0 Å². The molecule has 1 heterocycles. The predicted octanol–water partition coefficient (Wildman–Crippen LogP) is 2.49. The molecule has 1 saturated heterocycles. The average Bonchev–Trinajstić information content (AvgIpc) is 2.42. The van der Waals surface area contributed by atoms with Gasteiger partial charge in [0.25, 0.3) is 0 Å². The van der Waals surface area contributed by atoms with Gasteiger partial charge in [-0.25, -0.2) is 4.79 Å². The van der Waals surface area contributed by atoms with Crippen molar-refractivity contribution in [1.29, 1.82) is 0 Å². The second-order valence-corrected chi connectivity index (χ2v) is 5.83. The maximum Gasteiger partial charge on any atom is 0.314 e. The normalized spacial score (nSPS) is 18.1. The summed E-state index contributed by atoms with van der Waals surface area (Å²) in [5, 5.41) is 10.6. The quantitative estimate of drug-likeness (QED) is 0.782. The lowest BCUT2D eigenvalue weighted by atomic mass is 9.85. The third-order valence-corrected chi connectivity index (χ3v) is 4.51. The molecule has 1 aromatic rings. The van der Waals surface area contributed by atoms with Crippen LogP contribution in [0, 0.1) is 5.92 Å². The van der Waals surface area contributed by atoms with Gasteiger partial charge in [0.15, 0.2) is 0 Å². The zero-order chi connectivity index (χ0) is 14.9. The molecule has 1 atom stereocenters. The summed E-state index contributed by atoms with van der Waals surface area (Å²) in [6.07, 6.45) is 1.48. The highest BCUT2D eigenvalue weighted by Gasteiger charge is 2.28. The number of piperidine rings is 1. The molecule has 7 heteroatoms. The molecule has 2 rings (SSSR count). The van der Waals surface area contributed by atoms with E-state index in [1.165, 1.54) is 6.07 Å². The zero-order valence-electron chi connectivity index (χ0n) is 10.9. The molecule has 0 spiro atoms. The van der Waals surface area contributed by atoms with Gasteiger partial charge in [-0.1, -0.05) is 23.2 Å². The summed E-state index contributed by atoms with van der Waals surface area (Å²) < 4.78 is 0. The summed E-state index contributed by atoms with van der Waals surface area (Å²) in [7, 11) is 0. The number of hydrogen-bond donors (Lipinski definition) is 3. The fourth-order valence-corrected chi connectivity index (χ4v) is 2.88. The Hall–Kier alpha value is -1.17. The Morgan fingerprint density at radius 3 is 2.40 bits per heavy atom. The molecule has 0 radical (unpaired) electrons. The van der Waals surface area contributed by atoms with Crippen molar-refractivity contribution in [3.05, 3.63) is 27.7 Å². The van der Waals surface area contributed by atoms with Crippen molar-refractivity contribution >= 4 is 29.2 Å². The maximum absolute atomic E-state index is 11.1. The molecule has 1 aromatic carbocycles. The van der Waals surface area contributed by atoms with E-state index in [1.807, 2.05) is 0 Å². The second-order valence-electron chi connectivity index (χ2n) is 5.01. The number of benzene rings is 1.